The van der Waals surface area contributed by atoms with Crippen molar-refractivity contribution in [2.45, 2.75) is 44.6 Å². The van der Waals surface area contributed by atoms with Gasteiger partial charge in [0.1, 0.15) is 0 Å². The van der Waals surface area contributed by atoms with Crippen molar-refractivity contribution in [2.75, 3.05) is 6.54 Å². The van der Waals surface area contributed by atoms with Crippen LogP contribution in [0.3, 0.4) is 0 Å². The number of aromatic nitrogens is 1. The number of rotatable bonds is 5. The summed E-state index contributed by atoms with van der Waals surface area (Å²) in [6, 6.07) is 5.14. The minimum absolute atomic E-state index is 0.497. The third-order valence-electron chi connectivity index (χ3n) is 5.15. The minimum Gasteiger partial charge on any atom is -0.313 e. The molecule has 0 saturated heterocycles. The van der Waals surface area contributed by atoms with Crippen molar-refractivity contribution >= 4 is 15.9 Å². The van der Waals surface area contributed by atoms with Crippen molar-refractivity contribution in [3.05, 3.63) is 28.5 Å². The first-order valence-corrected chi connectivity index (χ1v) is 8.36. The summed E-state index contributed by atoms with van der Waals surface area (Å²) in [5.41, 5.74) is 1.76. The van der Waals surface area contributed by atoms with Gasteiger partial charge in [0.2, 0.25) is 0 Å². The van der Waals surface area contributed by atoms with E-state index in [0.717, 1.165) is 28.8 Å². The average molecular weight is 321 g/mol. The van der Waals surface area contributed by atoms with E-state index in [4.69, 9.17) is 0 Å². The number of pyridine rings is 1. The van der Waals surface area contributed by atoms with E-state index in [1.165, 1.54) is 44.3 Å². The Morgan fingerprint density at radius 3 is 2.68 bits per heavy atom. The standard InChI is InChI=1S/C16H21BrN2/c17-13-1-2-15(18-9-13)8-16(10-19-14-3-4-14)6-11-5-12(11)7-16/h1-2,9,11-12,14,19H,3-8,10H2. The van der Waals surface area contributed by atoms with Crippen LogP contribution < -0.4 is 5.32 Å². The number of halogens is 1. The summed E-state index contributed by atoms with van der Waals surface area (Å²) in [5, 5.41) is 3.78. The quantitative estimate of drug-likeness (QED) is 0.897. The van der Waals surface area contributed by atoms with Crippen LogP contribution in [0.2, 0.25) is 0 Å². The van der Waals surface area contributed by atoms with E-state index in [0.29, 0.717) is 5.41 Å². The van der Waals surface area contributed by atoms with Gasteiger partial charge in [0.25, 0.3) is 0 Å². The molecule has 3 fully saturated rings. The van der Waals surface area contributed by atoms with E-state index in [2.05, 4.69) is 38.4 Å². The lowest BCUT2D eigenvalue weighted by molar-refractivity contribution is 0.245. The minimum atomic E-state index is 0.497. The van der Waals surface area contributed by atoms with Gasteiger partial charge < -0.3 is 5.32 Å². The third-order valence-corrected chi connectivity index (χ3v) is 5.62. The fraction of sp³-hybridized carbons (Fsp3) is 0.688. The van der Waals surface area contributed by atoms with Crippen LogP contribution in [0.1, 0.15) is 37.8 Å². The van der Waals surface area contributed by atoms with E-state index in [9.17, 15) is 0 Å². The molecule has 4 rings (SSSR count). The molecule has 1 aromatic heterocycles. The third kappa shape index (κ3) is 2.73. The summed E-state index contributed by atoms with van der Waals surface area (Å²) < 4.78 is 1.08. The topological polar surface area (TPSA) is 24.9 Å². The van der Waals surface area contributed by atoms with Crippen molar-refractivity contribution in [1.82, 2.24) is 10.3 Å². The molecule has 3 aliphatic carbocycles. The van der Waals surface area contributed by atoms with E-state index in [1.54, 1.807) is 0 Å². The van der Waals surface area contributed by atoms with Crippen LogP contribution in [0, 0.1) is 17.3 Å². The second kappa shape index (κ2) is 4.56. The van der Waals surface area contributed by atoms with Gasteiger partial charge in [-0.15, -0.1) is 0 Å². The Balaban J connectivity index is 1.47. The maximum absolute atomic E-state index is 4.59. The summed E-state index contributed by atoms with van der Waals surface area (Å²) in [6.07, 6.45) is 10.2. The Morgan fingerprint density at radius 2 is 2.05 bits per heavy atom. The molecule has 2 nitrogen and oxygen atoms in total. The largest absolute Gasteiger partial charge is 0.313 e. The zero-order valence-electron chi connectivity index (χ0n) is 11.2. The van der Waals surface area contributed by atoms with Crippen LogP contribution in [-0.2, 0) is 6.42 Å². The number of hydrogen-bond donors (Lipinski definition) is 1. The van der Waals surface area contributed by atoms with Gasteiger partial charge in [-0.1, -0.05) is 0 Å². The number of hydrogen-bond acceptors (Lipinski definition) is 2. The average Bonchev–Trinajstić information content (AvgIpc) is 3.31. The van der Waals surface area contributed by atoms with Gasteiger partial charge in [0.15, 0.2) is 0 Å². The molecule has 0 aromatic carbocycles. The van der Waals surface area contributed by atoms with Gasteiger partial charge in [-0.3, -0.25) is 4.98 Å². The summed E-state index contributed by atoms with van der Waals surface area (Å²) in [7, 11) is 0. The van der Waals surface area contributed by atoms with Crippen LogP contribution in [0.15, 0.2) is 22.8 Å². The van der Waals surface area contributed by atoms with Crippen molar-refractivity contribution in [3.8, 4) is 0 Å². The normalized spacial score (nSPS) is 36.3. The molecule has 3 heteroatoms. The van der Waals surface area contributed by atoms with Crippen molar-refractivity contribution in [1.29, 1.82) is 0 Å². The fourth-order valence-electron chi connectivity index (χ4n) is 3.90. The lowest BCUT2D eigenvalue weighted by Gasteiger charge is -2.31. The van der Waals surface area contributed by atoms with Crippen LogP contribution in [0.4, 0.5) is 0 Å². The zero-order chi connectivity index (χ0) is 12.9. The van der Waals surface area contributed by atoms with E-state index in [1.807, 2.05) is 6.20 Å². The Labute approximate surface area is 123 Å². The van der Waals surface area contributed by atoms with E-state index < -0.39 is 0 Å². The molecule has 1 aromatic rings. The van der Waals surface area contributed by atoms with Gasteiger partial charge in [-0.05, 0) is 83.8 Å². The monoisotopic (exact) mass is 320 g/mol. The van der Waals surface area contributed by atoms with Gasteiger partial charge in [-0.25, -0.2) is 0 Å². The Morgan fingerprint density at radius 1 is 1.26 bits per heavy atom. The van der Waals surface area contributed by atoms with Crippen LogP contribution in [0.5, 0.6) is 0 Å². The van der Waals surface area contributed by atoms with E-state index >= 15 is 0 Å². The highest BCUT2D eigenvalue weighted by atomic mass is 79.9. The molecule has 102 valence electrons. The van der Waals surface area contributed by atoms with Crippen LogP contribution in [-0.4, -0.2) is 17.6 Å². The fourth-order valence-corrected chi connectivity index (χ4v) is 4.14. The zero-order valence-corrected chi connectivity index (χ0v) is 12.8. The molecule has 1 N–H and O–H groups in total. The molecule has 0 radical (unpaired) electrons. The SMILES string of the molecule is Brc1ccc(CC2(CNC3CC3)CC3CC3C2)nc1. The molecule has 0 aliphatic heterocycles. The van der Waals surface area contributed by atoms with Gasteiger partial charge >= 0.3 is 0 Å². The molecule has 0 spiro atoms. The Hall–Kier alpha value is -0.410. The first kappa shape index (κ1) is 12.3. The van der Waals surface area contributed by atoms with Crippen LogP contribution in [0.25, 0.3) is 0 Å². The summed E-state index contributed by atoms with van der Waals surface area (Å²) >= 11 is 3.47. The predicted molar refractivity (Wildman–Crippen MR) is 79.9 cm³/mol. The second-order valence-corrected chi connectivity index (χ2v) is 7.88. The summed E-state index contributed by atoms with van der Waals surface area (Å²) in [6.45, 7) is 1.21. The smallest absolute Gasteiger partial charge is 0.0413 e. The maximum atomic E-state index is 4.59. The molecule has 3 aliphatic rings. The van der Waals surface area contributed by atoms with Crippen molar-refractivity contribution in [2.24, 2.45) is 17.3 Å². The van der Waals surface area contributed by atoms with Gasteiger partial charge in [0, 0.05) is 29.0 Å². The maximum Gasteiger partial charge on any atom is 0.0413 e. The molecule has 3 saturated carbocycles. The number of nitrogens with one attached hydrogen (secondary N) is 1. The molecular weight excluding hydrogens is 300 g/mol. The van der Waals surface area contributed by atoms with Gasteiger partial charge in [-0.2, -0.15) is 0 Å². The first-order chi connectivity index (χ1) is 9.22. The molecular formula is C16H21BrN2. The number of nitrogens with zero attached hydrogens (tertiary/aromatic N) is 1. The lowest BCUT2D eigenvalue weighted by Crippen LogP contribution is -2.36. The lowest BCUT2D eigenvalue weighted by atomic mass is 9.78. The van der Waals surface area contributed by atoms with Crippen LogP contribution >= 0.6 is 15.9 Å². The molecule has 2 atom stereocenters. The second-order valence-electron chi connectivity index (χ2n) is 6.96. The highest BCUT2D eigenvalue weighted by Gasteiger charge is 2.53. The Kier molecular flexibility index (Phi) is 2.96. The highest BCUT2D eigenvalue weighted by Crippen LogP contribution is 2.60. The van der Waals surface area contributed by atoms with E-state index in [-0.39, 0.29) is 0 Å². The highest BCUT2D eigenvalue weighted by molar-refractivity contribution is 9.10. The summed E-state index contributed by atoms with van der Waals surface area (Å²) in [4.78, 5) is 4.59. The predicted octanol–water partition coefficient (Wildman–Crippen LogP) is 3.55. The van der Waals surface area contributed by atoms with Crippen molar-refractivity contribution in [3.63, 3.8) is 0 Å². The number of fused-ring (bicyclic) bond motifs is 1. The molecule has 19 heavy (non-hydrogen) atoms. The molecule has 2 unspecified atom stereocenters. The Bertz CT molecular complexity index is 456. The summed E-state index contributed by atoms with van der Waals surface area (Å²) in [5.74, 6) is 2.08. The molecule has 0 amide bonds. The van der Waals surface area contributed by atoms with Gasteiger partial charge in [0.05, 0.1) is 0 Å². The first-order valence-electron chi connectivity index (χ1n) is 7.56. The molecule has 0 bridgehead atoms. The van der Waals surface area contributed by atoms with Crippen molar-refractivity contribution < 1.29 is 0 Å². The molecule has 1 heterocycles.